The van der Waals surface area contributed by atoms with E-state index in [1.165, 1.54) is 13.2 Å². The molecule has 2 aromatic rings. The molecular formula is C14H12ClN5O8S. The van der Waals surface area contributed by atoms with Gasteiger partial charge in [-0.05, 0) is 6.07 Å². The number of amides is 2. The predicted molar refractivity (Wildman–Crippen MR) is 97.4 cm³/mol. The summed E-state index contributed by atoms with van der Waals surface area (Å²) in [5.41, 5.74) is -1.14. The summed E-state index contributed by atoms with van der Waals surface area (Å²) in [7, 11) is -2.46. The number of halogens is 1. The Morgan fingerprint density at radius 1 is 1.21 bits per heavy atom. The molecule has 0 aliphatic carbocycles. The molecule has 1 aromatic carbocycles. The molecule has 0 unspecified atom stereocenters. The number of rotatable bonds is 6. The van der Waals surface area contributed by atoms with Gasteiger partial charge in [-0.2, -0.15) is 4.98 Å². The van der Waals surface area contributed by atoms with Crippen LogP contribution in [0.15, 0.2) is 29.2 Å². The van der Waals surface area contributed by atoms with Crippen LogP contribution in [0.5, 0.6) is 5.88 Å². The second kappa shape index (κ2) is 8.66. The van der Waals surface area contributed by atoms with Gasteiger partial charge >= 0.3 is 12.0 Å². The minimum Gasteiger partial charge on any atom is -0.481 e. The van der Waals surface area contributed by atoms with E-state index in [0.29, 0.717) is 6.07 Å². The van der Waals surface area contributed by atoms with E-state index >= 15 is 0 Å². The highest BCUT2D eigenvalue weighted by molar-refractivity contribution is 7.90. The van der Waals surface area contributed by atoms with Gasteiger partial charge in [0.1, 0.15) is 10.0 Å². The lowest BCUT2D eigenvalue weighted by atomic mass is 10.2. The zero-order chi connectivity index (χ0) is 21.8. The number of nitrogens with zero attached hydrogens (tertiary/aromatic N) is 3. The topological polar surface area (TPSA) is 180 Å². The molecule has 29 heavy (non-hydrogen) atoms. The fourth-order valence-electron chi connectivity index (χ4n) is 1.99. The number of ether oxygens (including phenoxy) is 2. The number of benzene rings is 1. The van der Waals surface area contributed by atoms with Crippen molar-refractivity contribution in [3.63, 3.8) is 0 Å². The molecule has 0 fully saturated rings. The van der Waals surface area contributed by atoms with Crippen molar-refractivity contribution >= 4 is 45.3 Å². The summed E-state index contributed by atoms with van der Waals surface area (Å²) < 4.78 is 36.0. The number of esters is 1. The SMILES string of the molecule is COC(=O)c1ccc([N+](=O)[O-])cc1S(=O)(=O)NC(=O)Nc1nc(Cl)cc(OC)n1. The number of urea groups is 1. The van der Waals surface area contributed by atoms with Crippen molar-refractivity contribution in [3.8, 4) is 5.88 Å². The third-order valence-electron chi connectivity index (χ3n) is 3.20. The molecule has 0 bridgehead atoms. The molecule has 2 rings (SSSR count). The average Bonchev–Trinajstić information content (AvgIpc) is 2.65. The van der Waals surface area contributed by atoms with E-state index in [2.05, 4.69) is 14.7 Å². The Morgan fingerprint density at radius 3 is 2.48 bits per heavy atom. The highest BCUT2D eigenvalue weighted by Crippen LogP contribution is 2.23. The Balaban J connectivity index is 2.36. The lowest BCUT2D eigenvalue weighted by Crippen LogP contribution is -2.35. The van der Waals surface area contributed by atoms with Crippen LogP contribution in [0.25, 0.3) is 0 Å². The first-order valence-electron chi connectivity index (χ1n) is 7.36. The molecule has 2 N–H and O–H groups in total. The van der Waals surface area contributed by atoms with Gasteiger partial charge < -0.3 is 9.47 Å². The van der Waals surface area contributed by atoms with Gasteiger partial charge in [-0.1, -0.05) is 11.6 Å². The minimum absolute atomic E-state index is 0.00480. The van der Waals surface area contributed by atoms with Crippen LogP contribution in [-0.2, 0) is 14.8 Å². The van der Waals surface area contributed by atoms with Crippen LogP contribution in [0.2, 0.25) is 5.15 Å². The van der Waals surface area contributed by atoms with E-state index in [4.69, 9.17) is 16.3 Å². The number of aromatic nitrogens is 2. The lowest BCUT2D eigenvalue weighted by molar-refractivity contribution is -0.385. The molecule has 0 saturated carbocycles. The van der Waals surface area contributed by atoms with Gasteiger partial charge in [0.2, 0.25) is 11.8 Å². The summed E-state index contributed by atoms with van der Waals surface area (Å²) in [4.78, 5) is 40.5. The van der Waals surface area contributed by atoms with Crippen molar-refractivity contribution in [2.75, 3.05) is 19.5 Å². The van der Waals surface area contributed by atoms with Crippen molar-refractivity contribution in [1.29, 1.82) is 0 Å². The number of sulfonamides is 1. The van der Waals surface area contributed by atoms with Crippen molar-refractivity contribution in [3.05, 3.63) is 45.1 Å². The van der Waals surface area contributed by atoms with Crippen LogP contribution in [0, 0.1) is 10.1 Å². The standard InChI is InChI=1S/C14H12ClN5O8S/c1-27-11-6-10(15)16-13(17-11)18-14(22)19-29(25,26)9-5-7(20(23)24)3-4-8(9)12(21)28-2/h3-6H,1-2H3,(H2,16,17,18,19,22). The Labute approximate surface area is 168 Å². The highest BCUT2D eigenvalue weighted by atomic mass is 35.5. The number of methoxy groups -OCH3 is 2. The van der Waals surface area contributed by atoms with Crippen molar-refractivity contribution in [2.45, 2.75) is 4.90 Å². The maximum absolute atomic E-state index is 12.5. The number of carbonyl (C=O) groups is 2. The van der Waals surface area contributed by atoms with E-state index in [0.717, 1.165) is 19.2 Å². The van der Waals surface area contributed by atoms with Crippen LogP contribution in [0.4, 0.5) is 16.4 Å². The molecule has 0 saturated heterocycles. The summed E-state index contributed by atoms with van der Waals surface area (Å²) in [6.07, 6.45) is 0. The predicted octanol–water partition coefficient (Wildman–Crippen LogP) is 1.34. The number of nitro benzene ring substituents is 1. The van der Waals surface area contributed by atoms with Crippen LogP contribution >= 0.6 is 11.6 Å². The molecule has 2 amide bonds. The van der Waals surface area contributed by atoms with Gasteiger partial charge in [0, 0.05) is 18.2 Å². The van der Waals surface area contributed by atoms with Crippen molar-refractivity contribution in [1.82, 2.24) is 14.7 Å². The summed E-state index contributed by atoms with van der Waals surface area (Å²) in [6, 6.07) is 2.34. The lowest BCUT2D eigenvalue weighted by Gasteiger charge is -2.11. The molecule has 0 spiro atoms. The zero-order valence-corrected chi connectivity index (χ0v) is 16.3. The molecule has 13 nitrogen and oxygen atoms in total. The molecule has 0 radical (unpaired) electrons. The van der Waals surface area contributed by atoms with Gasteiger partial charge in [0.05, 0.1) is 24.7 Å². The average molecular weight is 446 g/mol. The first-order chi connectivity index (χ1) is 13.6. The van der Waals surface area contributed by atoms with Gasteiger partial charge in [-0.3, -0.25) is 15.4 Å². The Hall–Kier alpha value is -3.52. The molecule has 154 valence electrons. The van der Waals surface area contributed by atoms with Gasteiger partial charge in [-0.15, -0.1) is 0 Å². The van der Waals surface area contributed by atoms with E-state index in [1.54, 1.807) is 4.72 Å². The number of nitro groups is 1. The first-order valence-corrected chi connectivity index (χ1v) is 9.22. The summed E-state index contributed by atoms with van der Waals surface area (Å²) in [6.45, 7) is 0. The minimum atomic E-state index is -4.73. The third kappa shape index (κ3) is 5.26. The van der Waals surface area contributed by atoms with E-state index < -0.39 is 43.1 Å². The highest BCUT2D eigenvalue weighted by Gasteiger charge is 2.28. The number of carbonyl (C=O) groups excluding carboxylic acids is 2. The molecule has 0 aliphatic rings. The number of anilines is 1. The fraction of sp³-hybridized carbons (Fsp3) is 0.143. The Morgan fingerprint density at radius 2 is 1.90 bits per heavy atom. The molecule has 0 aliphatic heterocycles. The second-order valence-electron chi connectivity index (χ2n) is 5.05. The Kier molecular flexibility index (Phi) is 6.50. The van der Waals surface area contributed by atoms with Crippen LogP contribution in [-0.4, -0.2) is 49.5 Å². The Bertz CT molecular complexity index is 1090. The van der Waals surface area contributed by atoms with Crippen LogP contribution < -0.4 is 14.8 Å². The smallest absolute Gasteiger partial charge is 0.339 e. The first kappa shape index (κ1) is 21.8. The third-order valence-corrected chi connectivity index (χ3v) is 4.77. The van der Waals surface area contributed by atoms with E-state index in [9.17, 15) is 28.1 Å². The van der Waals surface area contributed by atoms with Gasteiger partial charge in [0.25, 0.3) is 15.7 Å². The van der Waals surface area contributed by atoms with Gasteiger partial charge in [-0.25, -0.2) is 27.7 Å². The summed E-state index contributed by atoms with van der Waals surface area (Å²) in [5.74, 6) is -1.47. The van der Waals surface area contributed by atoms with Crippen LogP contribution in [0.3, 0.4) is 0 Å². The second-order valence-corrected chi connectivity index (χ2v) is 7.08. The number of nitrogens with one attached hydrogen (secondary N) is 2. The molecular weight excluding hydrogens is 434 g/mol. The summed E-state index contributed by atoms with van der Waals surface area (Å²) in [5, 5.41) is 12.9. The normalized spacial score (nSPS) is 10.7. The largest absolute Gasteiger partial charge is 0.481 e. The fourth-order valence-corrected chi connectivity index (χ4v) is 3.28. The van der Waals surface area contributed by atoms with E-state index in [-0.39, 0.29) is 17.0 Å². The molecule has 1 heterocycles. The van der Waals surface area contributed by atoms with Crippen molar-refractivity contribution in [2.24, 2.45) is 0 Å². The maximum Gasteiger partial charge on any atom is 0.339 e. The van der Waals surface area contributed by atoms with Crippen LogP contribution in [0.1, 0.15) is 10.4 Å². The van der Waals surface area contributed by atoms with Crippen molar-refractivity contribution < 1.29 is 32.4 Å². The summed E-state index contributed by atoms with van der Waals surface area (Å²) >= 11 is 5.72. The molecule has 0 atom stereocenters. The monoisotopic (exact) mass is 445 g/mol. The number of hydrogen-bond acceptors (Lipinski definition) is 10. The van der Waals surface area contributed by atoms with E-state index in [1.807, 2.05) is 5.32 Å². The zero-order valence-electron chi connectivity index (χ0n) is 14.7. The number of non-ortho nitro benzene ring substituents is 1. The quantitative estimate of drug-likeness (QED) is 0.285. The number of hydrogen-bond donors (Lipinski definition) is 2. The molecule has 1 aromatic heterocycles. The maximum atomic E-state index is 12.5. The van der Waals surface area contributed by atoms with Gasteiger partial charge in [0.15, 0.2) is 0 Å². The molecule has 15 heteroatoms.